The van der Waals surface area contributed by atoms with E-state index >= 15 is 0 Å². The van der Waals surface area contributed by atoms with E-state index in [1.165, 1.54) is 12.1 Å². The summed E-state index contributed by atoms with van der Waals surface area (Å²) in [7, 11) is 0. The number of carbonyl (C=O) groups is 1. The number of aliphatic hydroxyl groups is 1. The van der Waals surface area contributed by atoms with E-state index in [-0.39, 0.29) is 18.7 Å². The molecule has 2 rings (SSSR count). The fourth-order valence-electron chi connectivity index (χ4n) is 1.70. The second-order valence-electron chi connectivity index (χ2n) is 3.79. The van der Waals surface area contributed by atoms with Crippen molar-refractivity contribution in [3.8, 4) is 5.75 Å². The molecule has 1 atom stereocenters. The van der Waals surface area contributed by atoms with Crippen LogP contribution in [0.5, 0.6) is 5.75 Å². The molecule has 18 heavy (non-hydrogen) atoms. The van der Waals surface area contributed by atoms with Gasteiger partial charge in [0.05, 0.1) is 11.3 Å². The average Bonchev–Trinajstić information content (AvgIpc) is 2.28. The summed E-state index contributed by atoms with van der Waals surface area (Å²) in [6, 6.07) is 3.40. The predicted molar refractivity (Wildman–Crippen MR) is 56.2 cm³/mol. The summed E-state index contributed by atoms with van der Waals surface area (Å²) < 4.78 is 43.3. The summed E-state index contributed by atoms with van der Waals surface area (Å²) >= 11 is 0. The molecule has 4 nitrogen and oxygen atoms in total. The lowest BCUT2D eigenvalue weighted by Crippen LogP contribution is -2.38. The van der Waals surface area contributed by atoms with Crippen molar-refractivity contribution in [1.82, 2.24) is 0 Å². The van der Waals surface area contributed by atoms with Crippen molar-refractivity contribution in [2.24, 2.45) is 0 Å². The molecule has 1 amide bonds. The van der Waals surface area contributed by atoms with Crippen LogP contribution in [-0.2, 0) is 11.0 Å². The summed E-state index contributed by atoms with van der Waals surface area (Å²) in [6.45, 7) is -0.346. The summed E-state index contributed by atoms with van der Waals surface area (Å²) in [5.74, 6) is -0.959. The molecule has 7 heteroatoms. The second kappa shape index (κ2) is 4.49. The number of fused-ring (bicyclic) bond motifs is 1. The highest BCUT2D eigenvalue weighted by Gasteiger charge is 2.39. The summed E-state index contributed by atoms with van der Waals surface area (Å²) in [5, 5.41) is 11.1. The predicted octanol–water partition coefficient (Wildman–Crippen LogP) is 1.79. The van der Waals surface area contributed by atoms with E-state index < -0.39 is 29.5 Å². The zero-order chi connectivity index (χ0) is 13.3. The molecule has 1 heterocycles. The van der Waals surface area contributed by atoms with Crippen LogP contribution in [0.4, 0.5) is 18.9 Å². The molecule has 0 bridgehead atoms. The van der Waals surface area contributed by atoms with Crippen LogP contribution in [0.15, 0.2) is 18.2 Å². The van der Waals surface area contributed by atoms with Crippen LogP contribution in [0.3, 0.4) is 0 Å². The molecule has 0 radical (unpaired) electrons. The van der Waals surface area contributed by atoms with E-state index in [0.717, 1.165) is 6.07 Å². The van der Waals surface area contributed by atoms with Crippen LogP contribution in [0, 0.1) is 0 Å². The van der Waals surface area contributed by atoms with Gasteiger partial charge in [-0.1, -0.05) is 6.07 Å². The molecule has 1 unspecified atom stereocenters. The number of ether oxygens (including phenoxy) is 1. The Morgan fingerprint density at radius 2 is 2.11 bits per heavy atom. The van der Waals surface area contributed by atoms with Gasteiger partial charge in [0.25, 0.3) is 5.91 Å². The molecule has 1 aliphatic rings. The first-order valence-electron chi connectivity index (χ1n) is 5.22. The van der Waals surface area contributed by atoms with E-state index in [2.05, 4.69) is 5.32 Å². The van der Waals surface area contributed by atoms with Gasteiger partial charge >= 0.3 is 6.18 Å². The lowest BCUT2D eigenvalue weighted by Gasteiger charge is -2.27. The van der Waals surface area contributed by atoms with Crippen molar-refractivity contribution in [1.29, 1.82) is 0 Å². The number of nitrogens with one attached hydrogen (secondary N) is 1. The third-order valence-electron chi connectivity index (χ3n) is 2.52. The third kappa shape index (κ3) is 2.26. The first kappa shape index (κ1) is 12.7. The van der Waals surface area contributed by atoms with Crippen LogP contribution in [0.1, 0.15) is 12.0 Å². The number of rotatable bonds is 2. The molecule has 98 valence electrons. The summed E-state index contributed by atoms with van der Waals surface area (Å²) in [5.41, 5.74) is -0.952. The van der Waals surface area contributed by atoms with Gasteiger partial charge in [-0.15, -0.1) is 0 Å². The Balaban J connectivity index is 2.41. The van der Waals surface area contributed by atoms with Gasteiger partial charge in [-0.3, -0.25) is 4.79 Å². The van der Waals surface area contributed by atoms with E-state index in [9.17, 15) is 18.0 Å². The number of alkyl halides is 3. The molecule has 0 spiro atoms. The fraction of sp³-hybridized carbons (Fsp3) is 0.364. The maximum atomic E-state index is 12.7. The van der Waals surface area contributed by atoms with Crippen LogP contribution in [0.25, 0.3) is 0 Å². The number of hydrogen-bond acceptors (Lipinski definition) is 3. The molecular weight excluding hydrogens is 251 g/mol. The quantitative estimate of drug-likeness (QED) is 0.853. The van der Waals surface area contributed by atoms with Crippen LogP contribution >= 0.6 is 0 Å². The minimum Gasteiger partial charge on any atom is -0.478 e. The van der Waals surface area contributed by atoms with Crippen molar-refractivity contribution in [3.63, 3.8) is 0 Å². The van der Waals surface area contributed by atoms with Gasteiger partial charge in [0.15, 0.2) is 11.9 Å². The molecule has 0 saturated carbocycles. The average molecular weight is 261 g/mol. The van der Waals surface area contributed by atoms with Crippen molar-refractivity contribution in [2.45, 2.75) is 18.7 Å². The van der Waals surface area contributed by atoms with Gasteiger partial charge in [-0.05, 0) is 12.1 Å². The topological polar surface area (TPSA) is 58.6 Å². The van der Waals surface area contributed by atoms with Gasteiger partial charge in [0.1, 0.15) is 0 Å². The van der Waals surface area contributed by atoms with Crippen molar-refractivity contribution in [3.05, 3.63) is 23.8 Å². The monoisotopic (exact) mass is 261 g/mol. The van der Waals surface area contributed by atoms with Crippen LogP contribution in [-0.4, -0.2) is 23.7 Å². The third-order valence-corrected chi connectivity index (χ3v) is 2.52. The maximum absolute atomic E-state index is 12.7. The number of amides is 1. The van der Waals surface area contributed by atoms with Crippen molar-refractivity contribution in [2.75, 3.05) is 11.9 Å². The molecule has 1 aromatic rings. The molecule has 1 aromatic carbocycles. The number of carbonyl (C=O) groups excluding carboxylic acids is 1. The Morgan fingerprint density at radius 1 is 1.39 bits per heavy atom. The van der Waals surface area contributed by atoms with Crippen LogP contribution < -0.4 is 10.1 Å². The van der Waals surface area contributed by atoms with E-state index in [0.29, 0.717) is 0 Å². The number of anilines is 1. The highest BCUT2D eigenvalue weighted by atomic mass is 19.4. The lowest BCUT2D eigenvalue weighted by atomic mass is 10.1. The number of para-hydroxylation sites is 1. The molecule has 0 saturated heterocycles. The highest BCUT2D eigenvalue weighted by Crippen LogP contribution is 2.42. The molecule has 2 N–H and O–H groups in total. The minimum absolute atomic E-state index is 0.0102. The molecular formula is C11H10F3NO3. The number of benzene rings is 1. The summed E-state index contributed by atoms with van der Waals surface area (Å²) in [4.78, 5) is 11.5. The zero-order valence-electron chi connectivity index (χ0n) is 9.12. The molecule has 0 fully saturated rings. The SMILES string of the molecule is O=C1Nc2cccc(C(F)(F)F)c2OC1CCO. The molecule has 1 aliphatic heterocycles. The van der Waals surface area contributed by atoms with Crippen LogP contribution in [0.2, 0.25) is 0 Å². The van der Waals surface area contributed by atoms with Crippen molar-refractivity contribution >= 4 is 11.6 Å². The van der Waals surface area contributed by atoms with E-state index in [1.807, 2.05) is 0 Å². The first-order chi connectivity index (χ1) is 8.43. The highest BCUT2D eigenvalue weighted by molar-refractivity contribution is 5.98. The molecule has 0 aromatic heterocycles. The maximum Gasteiger partial charge on any atom is 0.420 e. The van der Waals surface area contributed by atoms with Gasteiger partial charge in [0, 0.05) is 13.0 Å². The fourth-order valence-corrected chi connectivity index (χ4v) is 1.70. The smallest absolute Gasteiger partial charge is 0.420 e. The Hall–Kier alpha value is -1.76. The normalized spacial score (nSPS) is 18.9. The van der Waals surface area contributed by atoms with Gasteiger partial charge in [-0.25, -0.2) is 0 Å². The minimum atomic E-state index is -4.56. The van der Waals surface area contributed by atoms with Gasteiger partial charge in [-0.2, -0.15) is 13.2 Å². The Kier molecular flexibility index (Phi) is 3.16. The Morgan fingerprint density at radius 3 is 2.72 bits per heavy atom. The van der Waals surface area contributed by atoms with Gasteiger partial charge in [0.2, 0.25) is 0 Å². The Bertz CT molecular complexity index is 473. The standard InChI is InChI=1S/C11H10F3NO3/c12-11(13,14)6-2-1-3-7-9(6)18-8(4-5-16)10(17)15-7/h1-3,8,16H,4-5H2,(H,15,17). The van der Waals surface area contributed by atoms with Gasteiger partial charge < -0.3 is 15.2 Å². The van der Waals surface area contributed by atoms with E-state index in [1.54, 1.807) is 0 Å². The summed E-state index contributed by atoms with van der Waals surface area (Å²) in [6.07, 6.45) is -5.72. The lowest BCUT2D eigenvalue weighted by molar-refractivity contribution is -0.140. The van der Waals surface area contributed by atoms with Crippen molar-refractivity contribution < 1.29 is 27.8 Å². The van der Waals surface area contributed by atoms with E-state index in [4.69, 9.17) is 9.84 Å². The largest absolute Gasteiger partial charge is 0.478 e. The number of aliphatic hydroxyl groups excluding tert-OH is 1. The second-order valence-corrected chi connectivity index (χ2v) is 3.79. The number of hydrogen-bond donors (Lipinski definition) is 2. The number of halogens is 3. The Labute approximate surface area is 100 Å². The first-order valence-corrected chi connectivity index (χ1v) is 5.22. The molecule has 0 aliphatic carbocycles. The zero-order valence-corrected chi connectivity index (χ0v) is 9.12.